The zero-order valence-corrected chi connectivity index (χ0v) is 10.5. The van der Waals surface area contributed by atoms with Crippen molar-refractivity contribution in [3.05, 3.63) is 0 Å². The van der Waals surface area contributed by atoms with Gasteiger partial charge in [-0.15, -0.1) is 0 Å². The van der Waals surface area contributed by atoms with Gasteiger partial charge in [0.1, 0.15) is 0 Å². The molecule has 1 amide bonds. The summed E-state index contributed by atoms with van der Waals surface area (Å²) < 4.78 is 0. The first-order chi connectivity index (χ1) is 8.86. The molecule has 0 aromatic rings. The first-order valence-electron chi connectivity index (χ1n) is 5.87. The van der Waals surface area contributed by atoms with Gasteiger partial charge in [0, 0.05) is 13.0 Å². The number of hydrogen-bond donors (Lipinski definition) is 5. The number of aliphatic hydroxyl groups is 2. The Labute approximate surface area is 110 Å². The number of carbonyl (C=O) groups excluding carboxylic acids is 1. The molecular weight excluding hydrogens is 254 g/mol. The fraction of sp³-hybridized carbons (Fsp3) is 0.727. The summed E-state index contributed by atoms with van der Waals surface area (Å²) in [4.78, 5) is 21.7. The third-order valence-corrected chi connectivity index (χ3v) is 2.69. The smallest absolute Gasteiger partial charge is 0.336 e. The maximum absolute atomic E-state index is 11.1. The molecule has 0 heterocycles. The molecule has 19 heavy (non-hydrogen) atoms. The summed E-state index contributed by atoms with van der Waals surface area (Å²) in [6.07, 6.45) is -1.24. The highest BCUT2D eigenvalue weighted by atomic mass is 16.4. The molecule has 2 unspecified atom stereocenters. The number of carbonyl (C=O) groups is 2. The minimum absolute atomic E-state index is 0.240. The minimum Gasteiger partial charge on any atom is -0.479 e. The zero-order chi connectivity index (χ0) is 14.9. The predicted octanol–water partition coefficient (Wildman–Crippen LogP) is -1.68. The van der Waals surface area contributed by atoms with Gasteiger partial charge in [-0.05, 0) is 25.8 Å². The molecule has 2 atom stereocenters. The molecule has 8 nitrogen and oxygen atoms in total. The lowest BCUT2D eigenvalue weighted by Crippen LogP contribution is -2.56. The number of nitrogens with zero attached hydrogens (tertiary/aromatic N) is 1. The van der Waals surface area contributed by atoms with Crippen LogP contribution in [-0.2, 0) is 9.59 Å². The molecule has 0 radical (unpaired) electrons. The largest absolute Gasteiger partial charge is 0.479 e. The van der Waals surface area contributed by atoms with E-state index in [9.17, 15) is 19.8 Å². The van der Waals surface area contributed by atoms with E-state index in [1.165, 1.54) is 0 Å². The number of carboxylic acid groups (broad SMARTS) is 1. The van der Waals surface area contributed by atoms with Gasteiger partial charge >= 0.3 is 5.97 Å². The lowest BCUT2D eigenvalue weighted by atomic mass is 9.89. The first-order valence-corrected chi connectivity index (χ1v) is 5.87. The highest BCUT2D eigenvalue weighted by molar-refractivity contribution is 5.90. The number of aliphatic hydroxyl groups excluding tert-OH is 1. The van der Waals surface area contributed by atoms with Crippen LogP contribution in [0.4, 0.5) is 0 Å². The second-order valence-corrected chi connectivity index (χ2v) is 4.14. The molecular formula is C11H19N3O5. The van der Waals surface area contributed by atoms with Crippen LogP contribution in [0.1, 0.15) is 25.7 Å². The Hall–Kier alpha value is -1.69. The molecule has 108 valence electrons. The second kappa shape index (κ2) is 8.42. The maximum atomic E-state index is 11.1. The standard InChI is InChI=1S/C11H19N3O5/c12-5-3-7-14-6-2-1-4-11(19,10(13)18)8(15)9(16)17/h8,14-15,19H,1-4,6-7H2,(H2,13,18)(H,16,17). The topological polar surface area (TPSA) is 157 Å². The SMILES string of the molecule is N#CCCNCCCCC(O)(C(N)=O)C(O)C(=O)O. The monoisotopic (exact) mass is 273 g/mol. The fourth-order valence-electron chi connectivity index (χ4n) is 1.51. The zero-order valence-electron chi connectivity index (χ0n) is 10.5. The van der Waals surface area contributed by atoms with Crippen molar-refractivity contribution in [3.8, 4) is 6.07 Å². The summed E-state index contributed by atoms with van der Waals surface area (Å²) >= 11 is 0. The molecule has 0 saturated carbocycles. The third-order valence-electron chi connectivity index (χ3n) is 2.69. The summed E-state index contributed by atoms with van der Waals surface area (Å²) in [6, 6.07) is 1.96. The third kappa shape index (κ3) is 5.65. The van der Waals surface area contributed by atoms with Crippen molar-refractivity contribution in [2.45, 2.75) is 37.4 Å². The number of unbranched alkanes of at least 4 members (excludes halogenated alkanes) is 1. The second-order valence-electron chi connectivity index (χ2n) is 4.14. The Bertz CT molecular complexity index is 355. The van der Waals surface area contributed by atoms with Gasteiger partial charge in [0.15, 0.2) is 11.7 Å². The number of nitriles is 1. The summed E-state index contributed by atoms with van der Waals surface area (Å²) in [6.45, 7) is 1.09. The van der Waals surface area contributed by atoms with Gasteiger partial charge in [-0.3, -0.25) is 4.79 Å². The van der Waals surface area contributed by atoms with Crippen LogP contribution in [0.15, 0.2) is 0 Å². The van der Waals surface area contributed by atoms with Crippen LogP contribution >= 0.6 is 0 Å². The van der Waals surface area contributed by atoms with Crippen LogP contribution in [0.25, 0.3) is 0 Å². The van der Waals surface area contributed by atoms with E-state index in [2.05, 4.69) is 5.32 Å². The summed E-state index contributed by atoms with van der Waals surface area (Å²) in [5.41, 5.74) is 2.47. The van der Waals surface area contributed by atoms with E-state index >= 15 is 0 Å². The van der Waals surface area contributed by atoms with E-state index in [-0.39, 0.29) is 6.42 Å². The summed E-state index contributed by atoms with van der Waals surface area (Å²) in [7, 11) is 0. The number of primary amides is 1. The number of carboxylic acids is 1. The van der Waals surface area contributed by atoms with E-state index in [1.807, 2.05) is 6.07 Å². The normalized spacial score (nSPS) is 15.2. The lowest BCUT2D eigenvalue weighted by molar-refractivity contribution is -0.171. The Balaban J connectivity index is 4.14. The molecule has 6 N–H and O–H groups in total. The molecule has 0 bridgehead atoms. The molecule has 0 aromatic heterocycles. The lowest BCUT2D eigenvalue weighted by Gasteiger charge is -2.27. The molecule has 0 rings (SSSR count). The number of amides is 1. The fourth-order valence-corrected chi connectivity index (χ4v) is 1.51. The Morgan fingerprint density at radius 2 is 2.00 bits per heavy atom. The molecule has 0 aromatic carbocycles. The van der Waals surface area contributed by atoms with Crippen LogP contribution in [-0.4, -0.2) is 52.0 Å². The van der Waals surface area contributed by atoms with Crippen LogP contribution in [0.3, 0.4) is 0 Å². The van der Waals surface area contributed by atoms with Crippen molar-refractivity contribution in [1.29, 1.82) is 5.26 Å². The van der Waals surface area contributed by atoms with Gasteiger partial charge < -0.3 is 26.4 Å². The average molecular weight is 273 g/mol. The number of nitrogens with two attached hydrogens (primary N) is 1. The number of rotatable bonds is 10. The van der Waals surface area contributed by atoms with Crippen molar-refractivity contribution in [1.82, 2.24) is 5.32 Å². The Morgan fingerprint density at radius 3 is 2.47 bits per heavy atom. The van der Waals surface area contributed by atoms with Crippen molar-refractivity contribution in [3.63, 3.8) is 0 Å². The van der Waals surface area contributed by atoms with E-state index in [0.717, 1.165) is 0 Å². The Kier molecular flexibility index (Phi) is 7.67. The molecule has 0 saturated heterocycles. The average Bonchev–Trinajstić information content (AvgIpc) is 2.36. The molecule has 0 aliphatic rings. The van der Waals surface area contributed by atoms with Crippen molar-refractivity contribution in [2.75, 3.05) is 13.1 Å². The van der Waals surface area contributed by atoms with Gasteiger partial charge in [0.05, 0.1) is 6.07 Å². The highest BCUT2D eigenvalue weighted by Crippen LogP contribution is 2.19. The van der Waals surface area contributed by atoms with Gasteiger partial charge in [0.2, 0.25) is 0 Å². The minimum atomic E-state index is -2.46. The summed E-state index contributed by atoms with van der Waals surface area (Å²) in [5, 5.41) is 38.9. The first kappa shape index (κ1) is 17.3. The molecule has 8 heteroatoms. The van der Waals surface area contributed by atoms with Crippen molar-refractivity contribution < 1.29 is 24.9 Å². The van der Waals surface area contributed by atoms with E-state index < -0.39 is 23.6 Å². The van der Waals surface area contributed by atoms with E-state index in [0.29, 0.717) is 32.4 Å². The molecule has 0 spiro atoms. The van der Waals surface area contributed by atoms with E-state index in [1.54, 1.807) is 0 Å². The van der Waals surface area contributed by atoms with Gasteiger partial charge in [-0.2, -0.15) is 5.26 Å². The van der Waals surface area contributed by atoms with Crippen LogP contribution in [0.5, 0.6) is 0 Å². The van der Waals surface area contributed by atoms with Crippen LogP contribution in [0, 0.1) is 11.3 Å². The van der Waals surface area contributed by atoms with Gasteiger partial charge in [0.25, 0.3) is 5.91 Å². The van der Waals surface area contributed by atoms with Crippen LogP contribution in [0.2, 0.25) is 0 Å². The van der Waals surface area contributed by atoms with Crippen LogP contribution < -0.4 is 11.1 Å². The highest BCUT2D eigenvalue weighted by Gasteiger charge is 2.45. The Morgan fingerprint density at radius 1 is 1.37 bits per heavy atom. The predicted molar refractivity (Wildman–Crippen MR) is 64.7 cm³/mol. The molecule has 0 aliphatic carbocycles. The quantitative estimate of drug-likeness (QED) is 0.297. The summed E-state index contributed by atoms with van der Waals surface area (Å²) in [5.74, 6) is -2.96. The molecule has 0 aliphatic heterocycles. The van der Waals surface area contributed by atoms with E-state index in [4.69, 9.17) is 16.1 Å². The number of aliphatic carboxylic acids is 1. The maximum Gasteiger partial charge on any atom is 0.336 e. The van der Waals surface area contributed by atoms with Gasteiger partial charge in [-0.1, -0.05) is 0 Å². The molecule has 0 fully saturated rings. The van der Waals surface area contributed by atoms with Crippen molar-refractivity contribution in [2.24, 2.45) is 5.73 Å². The number of hydrogen-bond acceptors (Lipinski definition) is 6. The van der Waals surface area contributed by atoms with Crippen molar-refractivity contribution >= 4 is 11.9 Å². The van der Waals surface area contributed by atoms with Gasteiger partial charge in [-0.25, -0.2) is 4.79 Å². The number of nitrogens with one attached hydrogen (secondary N) is 1.